The highest BCUT2D eigenvalue weighted by atomic mass is 19.4. The second-order valence-corrected chi connectivity index (χ2v) is 3.54. The van der Waals surface area contributed by atoms with E-state index in [1.165, 1.54) is 19.2 Å². The van der Waals surface area contributed by atoms with Crippen molar-refractivity contribution in [3.8, 4) is 0 Å². The van der Waals surface area contributed by atoms with Crippen LogP contribution >= 0.6 is 0 Å². The third-order valence-corrected chi connectivity index (χ3v) is 2.54. The lowest BCUT2D eigenvalue weighted by Crippen LogP contribution is -2.51. The summed E-state index contributed by atoms with van der Waals surface area (Å²) in [7, 11) is 2.26. The number of nitrogens with one attached hydrogen (secondary N) is 1. The van der Waals surface area contributed by atoms with E-state index in [4.69, 9.17) is 0 Å². The predicted molar refractivity (Wildman–Crippen MR) is 55.1 cm³/mol. The zero-order valence-electron chi connectivity index (χ0n) is 9.44. The van der Waals surface area contributed by atoms with E-state index < -0.39 is 29.7 Å². The number of hydrogen-bond acceptors (Lipinski definition) is 2. The zero-order valence-corrected chi connectivity index (χ0v) is 9.44. The highest BCUT2D eigenvalue weighted by molar-refractivity contribution is 5.27. The van der Waals surface area contributed by atoms with Crippen LogP contribution in [0.5, 0.6) is 0 Å². The molecule has 0 aliphatic heterocycles. The Hall–Kier alpha value is -1.14. The van der Waals surface area contributed by atoms with Gasteiger partial charge in [0, 0.05) is 19.2 Å². The van der Waals surface area contributed by atoms with Gasteiger partial charge in [0.05, 0.1) is 0 Å². The van der Waals surface area contributed by atoms with E-state index in [1.54, 1.807) is 0 Å². The van der Waals surface area contributed by atoms with Crippen molar-refractivity contribution in [1.29, 1.82) is 0 Å². The molecule has 0 bridgehead atoms. The molecule has 1 aromatic rings. The minimum Gasteiger partial charge on any atom is -0.363 e. The first kappa shape index (κ1) is 13.9. The Balaban J connectivity index is 3.38. The van der Waals surface area contributed by atoms with E-state index in [9.17, 15) is 17.6 Å². The molecule has 0 saturated heterocycles. The van der Waals surface area contributed by atoms with E-state index in [0.717, 1.165) is 19.2 Å². The first-order valence-electron chi connectivity index (χ1n) is 4.90. The summed E-state index contributed by atoms with van der Waals surface area (Å²) < 4.78 is 57.4. The Bertz CT molecular complexity index is 380. The maximum Gasteiger partial charge on any atom is 0.423 e. The topological polar surface area (TPSA) is 21.3 Å². The number of halogens is 4. The highest BCUT2D eigenvalue weighted by Crippen LogP contribution is 2.42. The molecule has 1 N–H and O–H groups in total. The van der Waals surface area contributed by atoms with Gasteiger partial charge in [-0.25, -0.2) is 4.39 Å². The van der Waals surface area contributed by atoms with Crippen LogP contribution in [0.15, 0.2) is 24.3 Å². The number of alkyl halides is 3. The molecule has 0 aromatic heterocycles. The van der Waals surface area contributed by atoms with Crippen LogP contribution in [0.25, 0.3) is 0 Å². The van der Waals surface area contributed by atoms with Gasteiger partial charge in [0.25, 0.3) is 0 Å². The van der Waals surface area contributed by atoms with Crippen LogP contribution in [0.4, 0.5) is 17.6 Å². The Kier molecular flexibility index (Phi) is 4.11. The molecule has 0 radical (unpaired) electrons. The molecule has 0 amide bonds. The fraction of sp³-hybridized carbons (Fsp3) is 0.455. The van der Waals surface area contributed by atoms with E-state index >= 15 is 0 Å². The van der Waals surface area contributed by atoms with Gasteiger partial charge >= 0.3 is 6.18 Å². The number of ether oxygens (including phenoxy) is 1. The molecule has 0 spiro atoms. The summed E-state index contributed by atoms with van der Waals surface area (Å²) >= 11 is 0. The van der Waals surface area contributed by atoms with Crippen molar-refractivity contribution in [2.75, 3.05) is 20.7 Å². The lowest BCUT2D eigenvalue weighted by molar-refractivity contribution is -0.275. The van der Waals surface area contributed by atoms with Crippen LogP contribution in [0.2, 0.25) is 0 Å². The molecule has 0 aliphatic rings. The number of likely N-dealkylation sites (N-methyl/N-ethyl adjacent to an activating group) is 1. The van der Waals surface area contributed by atoms with Gasteiger partial charge in [0.2, 0.25) is 5.60 Å². The first-order valence-corrected chi connectivity index (χ1v) is 4.90. The van der Waals surface area contributed by atoms with Gasteiger partial charge < -0.3 is 10.1 Å². The van der Waals surface area contributed by atoms with E-state index in [2.05, 4.69) is 10.1 Å². The Morgan fingerprint density at radius 3 is 2.24 bits per heavy atom. The average Bonchev–Trinajstić information content (AvgIpc) is 2.25. The van der Waals surface area contributed by atoms with Crippen LogP contribution in [-0.4, -0.2) is 26.9 Å². The number of benzene rings is 1. The molecule has 17 heavy (non-hydrogen) atoms. The fourth-order valence-electron chi connectivity index (χ4n) is 1.68. The second-order valence-electron chi connectivity index (χ2n) is 3.54. The molecule has 0 fully saturated rings. The maximum absolute atomic E-state index is 13.5. The molecule has 6 heteroatoms. The zero-order chi connectivity index (χ0) is 13.1. The summed E-state index contributed by atoms with van der Waals surface area (Å²) in [6, 6.07) is 4.72. The molecule has 0 saturated carbocycles. The lowest BCUT2D eigenvalue weighted by atomic mass is 9.92. The van der Waals surface area contributed by atoms with Crippen LogP contribution in [0, 0.1) is 5.82 Å². The van der Waals surface area contributed by atoms with Crippen molar-refractivity contribution in [2.24, 2.45) is 0 Å². The smallest absolute Gasteiger partial charge is 0.363 e. The summed E-state index contributed by atoms with van der Waals surface area (Å²) in [6.45, 7) is -0.562. The number of hydrogen-bond donors (Lipinski definition) is 1. The normalized spacial score (nSPS) is 15.6. The third-order valence-electron chi connectivity index (χ3n) is 2.54. The molecular weight excluding hydrogens is 238 g/mol. The molecule has 1 rings (SSSR count). The van der Waals surface area contributed by atoms with Crippen LogP contribution in [0.3, 0.4) is 0 Å². The third kappa shape index (κ3) is 2.42. The summed E-state index contributed by atoms with van der Waals surface area (Å²) in [5, 5.41) is 2.38. The summed E-state index contributed by atoms with van der Waals surface area (Å²) in [5.41, 5.74) is -3.20. The minimum absolute atomic E-state index is 0.524. The number of rotatable bonds is 4. The lowest BCUT2D eigenvalue weighted by Gasteiger charge is -2.34. The van der Waals surface area contributed by atoms with E-state index in [1.807, 2.05) is 0 Å². The Morgan fingerprint density at radius 1 is 1.24 bits per heavy atom. The quantitative estimate of drug-likeness (QED) is 0.830. The van der Waals surface area contributed by atoms with Gasteiger partial charge in [-0.1, -0.05) is 18.2 Å². The van der Waals surface area contributed by atoms with Crippen molar-refractivity contribution in [1.82, 2.24) is 5.32 Å². The Labute approximate surface area is 96.6 Å². The first-order chi connectivity index (χ1) is 7.89. The van der Waals surface area contributed by atoms with Gasteiger partial charge in [-0.3, -0.25) is 0 Å². The highest BCUT2D eigenvalue weighted by Gasteiger charge is 2.57. The molecule has 1 unspecified atom stereocenters. The summed E-state index contributed by atoms with van der Waals surface area (Å²) in [4.78, 5) is 0. The van der Waals surface area contributed by atoms with Gasteiger partial charge in [-0.05, 0) is 13.1 Å². The van der Waals surface area contributed by atoms with Crippen molar-refractivity contribution < 1.29 is 22.3 Å². The van der Waals surface area contributed by atoms with Gasteiger partial charge in [0.15, 0.2) is 0 Å². The van der Waals surface area contributed by atoms with Crippen LogP contribution in [-0.2, 0) is 10.3 Å². The van der Waals surface area contributed by atoms with E-state index in [0.29, 0.717) is 0 Å². The van der Waals surface area contributed by atoms with Crippen molar-refractivity contribution in [2.45, 2.75) is 11.8 Å². The molecular formula is C11H13F4NO. The van der Waals surface area contributed by atoms with Gasteiger partial charge in [0.1, 0.15) is 5.82 Å². The van der Waals surface area contributed by atoms with Crippen LogP contribution in [0.1, 0.15) is 5.56 Å². The van der Waals surface area contributed by atoms with Crippen molar-refractivity contribution in [3.05, 3.63) is 35.6 Å². The van der Waals surface area contributed by atoms with Gasteiger partial charge in [-0.2, -0.15) is 13.2 Å². The SMILES string of the molecule is CNCC(OC)(c1ccccc1F)C(F)(F)F. The average molecular weight is 251 g/mol. The fourth-order valence-corrected chi connectivity index (χ4v) is 1.68. The molecule has 2 nitrogen and oxygen atoms in total. The van der Waals surface area contributed by atoms with E-state index in [-0.39, 0.29) is 0 Å². The molecule has 1 aromatic carbocycles. The van der Waals surface area contributed by atoms with Crippen LogP contribution < -0.4 is 5.32 Å². The molecule has 0 aliphatic carbocycles. The minimum atomic E-state index is -4.72. The Morgan fingerprint density at radius 2 is 1.82 bits per heavy atom. The summed E-state index contributed by atoms with van der Waals surface area (Å²) in [5.74, 6) is -0.943. The molecule has 1 atom stereocenters. The second kappa shape index (κ2) is 5.01. The standard InChI is InChI=1S/C11H13F4NO/c1-16-7-10(17-2,11(13,14)15)8-5-3-4-6-9(8)12/h3-6,16H,7H2,1-2H3. The summed E-state index contributed by atoms with van der Waals surface area (Å²) in [6.07, 6.45) is -4.72. The maximum atomic E-state index is 13.5. The van der Waals surface area contributed by atoms with Crippen molar-refractivity contribution in [3.63, 3.8) is 0 Å². The molecule has 96 valence electrons. The van der Waals surface area contributed by atoms with Gasteiger partial charge in [-0.15, -0.1) is 0 Å². The molecule has 0 heterocycles. The largest absolute Gasteiger partial charge is 0.423 e. The predicted octanol–water partition coefficient (Wildman–Crippen LogP) is 2.45. The van der Waals surface area contributed by atoms with Crippen molar-refractivity contribution >= 4 is 0 Å². The number of methoxy groups -OCH3 is 1. The monoisotopic (exact) mass is 251 g/mol.